The maximum Gasteiger partial charge on any atom is 0.226 e. The Morgan fingerprint density at radius 3 is 2.84 bits per heavy atom. The number of amides is 2. The highest BCUT2D eigenvalue weighted by Crippen LogP contribution is 2.30. The molecule has 2 aromatic rings. The van der Waals surface area contributed by atoms with E-state index in [0.717, 1.165) is 29.6 Å². The molecule has 2 atom stereocenters. The quantitative estimate of drug-likeness (QED) is 0.834. The van der Waals surface area contributed by atoms with Crippen LogP contribution in [0.1, 0.15) is 44.9 Å². The van der Waals surface area contributed by atoms with Gasteiger partial charge in [0.15, 0.2) is 0 Å². The number of fused-ring (bicyclic) bond motifs is 1. The summed E-state index contributed by atoms with van der Waals surface area (Å²) in [5.41, 5.74) is 0.836. The van der Waals surface area contributed by atoms with Gasteiger partial charge in [-0.1, -0.05) is 25.1 Å². The second kappa shape index (κ2) is 7.30. The molecule has 0 bridgehead atoms. The molecular weight excluding hydrogens is 316 g/mol. The fraction of sp³-hybridized carbons (Fsp3) is 0.500. The van der Waals surface area contributed by atoms with E-state index < -0.39 is 0 Å². The topological polar surface area (TPSA) is 53.8 Å². The van der Waals surface area contributed by atoms with Crippen molar-refractivity contribution in [3.05, 3.63) is 36.1 Å². The first kappa shape index (κ1) is 17.5. The summed E-state index contributed by atoms with van der Waals surface area (Å²) in [6.07, 6.45) is 1.91. The number of furan rings is 1. The van der Waals surface area contributed by atoms with Gasteiger partial charge in [0.25, 0.3) is 0 Å². The molecule has 1 aromatic heterocycles. The third kappa shape index (κ3) is 3.55. The molecule has 3 rings (SSSR count). The molecule has 1 fully saturated rings. The molecule has 1 aliphatic heterocycles. The van der Waals surface area contributed by atoms with Crippen LogP contribution in [0.2, 0.25) is 0 Å². The van der Waals surface area contributed by atoms with Crippen molar-refractivity contribution in [2.75, 3.05) is 20.1 Å². The second-order valence-corrected chi connectivity index (χ2v) is 6.90. The van der Waals surface area contributed by atoms with Crippen molar-refractivity contribution in [2.24, 2.45) is 5.92 Å². The highest BCUT2D eigenvalue weighted by molar-refractivity contribution is 5.87. The van der Waals surface area contributed by atoms with E-state index in [2.05, 4.69) is 6.92 Å². The summed E-state index contributed by atoms with van der Waals surface area (Å²) in [6.45, 7) is 5.37. The summed E-state index contributed by atoms with van der Waals surface area (Å²) in [5.74, 6) is 0.693. The van der Waals surface area contributed by atoms with E-state index in [0.29, 0.717) is 19.5 Å². The number of nitrogens with zero attached hydrogens (tertiary/aromatic N) is 2. The van der Waals surface area contributed by atoms with Gasteiger partial charge < -0.3 is 14.2 Å². The van der Waals surface area contributed by atoms with Gasteiger partial charge in [-0.3, -0.25) is 9.59 Å². The van der Waals surface area contributed by atoms with Gasteiger partial charge in [0.2, 0.25) is 11.8 Å². The average molecular weight is 342 g/mol. The van der Waals surface area contributed by atoms with Crippen LogP contribution in [-0.4, -0.2) is 41.8 Å². The summed E-state index contributed by atoms with van der Waals surface area (Å²) in [7, 11) is 1.80. The molecule has 0 aliphatic carbocycles. The molecule has 134 valence electrons. The molecule has 0 spiro atoms. The number of carbonyl (C=O) groups is 2. The molecule has 1 aliphatic rings. The summed E-state index contributed by atoms with van der Waals surface area (Å²) in [4.78, 5) is 28.6. The van der Waals surface area contributed by atoms with Crippen molar-refractivity contribution in [3.8, 4) is 0 Å². The monoisotopic (exact) mass is 342 g/mol. The predicted molar refractivity (Wildman–Crippen MR) is 97.0 cm³/mol. The van der Waals surface area contributed by atoms with Crippen LogP contribution in [0, 0.1) is 5.92 Å². The number of para-hydroxylation sites is 1. The van der Waals surface area contributed by atoms with Crippen LogP contribution >= 0.6 is 0 Å². The van der Waals surface area contributed by atoms with Gasteiger partial charge >= 0.3 is 0 Å². The SMILES string of the molecule is CCCN(C(=O)C1CCN(C)C(=O)C1)C(C)c1cc2ccccc2o1. The predicted octanol–water partition coefficient (Wildman–Crippen LogP) is 3.60. The molecule has 0 radical (unpaired) electrons. The Hall–Kier alpha value is -2.30. The molecule has 2 heterocycles. The number of piperidine rings is 1. The first-order chi connectivity index (χ1) is 12.0. The van der Waals surface area contributed by atoms with Gasteiger partial charge in [0, 0.05) is 37.9 Å². The minimum atomic E-state index is -0.220. The van der Waals surface area contributed by atoms with Crippen molar-refractivity contribution < 1.29 is 14.0 Å². The Bertz CT molecular complexity index is 734. The van der Waals surface area contributed by atoms with Crippen molar-refractivity contribution in [1.29, 1.82) is 0 Å². The molecule has 0 N–H and O–H groups in total. The fourth-order valence-corrected chi connectivity index (χ4v) is 3.49. The molecule has 1 saturated heterocycles. The smallest absolute Gasteiger partial charge is 0.226 e. The van der Waals surface area contributed by atoms with Gasteiger partial charge in [-0.15, -0.1) is 0 Å². The van der Waals surface area contributed by atoms with Crippen LogP contribution in [0.25, 0.3) is 11.0 Å². The average Bonchev–Trinajstić information content (AvgIpc) is 3.05. The minimum Gasteiger partial charge on any atom is -0.459 e. The Morgan fingerprint density at radius 1 is 1.40 bits per heavy atom. The molecule has 2 unspecified atom stereocenters. The molecular formula is C20H26N2O3. The summed E-state index contributed by atoms with van der Waals surface area (Å²) < 4.78 is 5.96. The van der Waals surface area contributed by atoms with Crippen LogP contribution in [-0.2, 0) is 9.59 Å². The maximum atomic E-state index is 13.1. The maximum absolute atomic E-state index is 13.1. The lowest BCUT2D eigenvalue weighted by Gasteiger charge is -2.34. The van der Waals surface area contributed by atoms with E-state index >= 15 is 0 Å². The molecule has 25 heavy (non-hydrogen) atoms. The summed E-state index contributed by atoms with van der Waals surface area (Å²) >= 11 is 0. The highest BCUT2D eigenvalue weighted by Gasteiger charge is 2.34. The van der Waals surface area contributed by atoms with Crippen LogP contribution in [0.4, 0.5) is 0 Å². The van der Waals surface area contributed by atoms with E-state index in [1.54, 1.807) is 11.9 Å². The molecule has 1 aromatic carbocycles. The van der Waals surface area contributed by atoms with E-state index in [4.69, 9.17) is 4.42 Å². The fourth-order valence-electron chi connectivity index (χ4n) is 3.49. The zero-order valence-electron chi connectivity index (χ0n) is 15.2. The number of carbonyl (C=O) groups excluding carboxylic acids is 2. The van der Waals surface area contributed by atoms with Crippen LogP contribution in [0.5, 0.6) is 0 Å². The minimum absolute atomic E-state index is 0.0532. The lowest BCUT2D eigenvalue weighted by Crippen LogP contribution is -2.44. The number of benzene rings is 1. The van der Waals surface area contributed by atoms with Gasteiger partial charge in [0.05, 0.1) is 6.04 Å². The molecule has 5 nitrogen and oxygen atoms in total. The van der Waals surface area contributed by atoms with Gasteiger partial charge in [-0.25, -0.2) is 0 Å². The lowest BCUT2D eigenvalue weighted by atomic mass is 9.94. The van der Waals surface area contributed by atoms with E-state index in [-0.39, 0.29) is 23.8 Å². The third-order valence-electron chi connectivity index (χ3n) is 5.08. The zero-order chi connectivity index (χ0) is 18.0. The van der Waals surface area contributed by atoms with Crippen molar-refractivity contribution in [2.45, 2.75) is 39.2 Å². The first-order valence-electron chi connectivity index (χ1n) is 9.04. The molecule has 5 heteroatoms. The standard InChI is InChI=1S/C20H26N2O3/c1-4-10-22(20(24)16-9-11-21(3)19(23)13-16)14(2)18-12-15-7-5-6-8-17(15)25-18/h5-8,12,14,16H,4,9-11,13H2,1-3H3. The first-order valence-corrected chi connectivity index (χ1v) is 9.04. The third-order valence-corrected chi connectivity index (χ3v) is 5.08. The Kier molecular flexibility index (Phi) is 5.11. The summed E-state index contributed by atoms with van der Waals surface area (Å²) in [5, 5.41) is 1.04. The number of rotatable bonds is 5. The lowest BCUT2D eigenvalue weighted by molar-refractivity contribution is -0.146. The molecule has 0 saturated carbocycles. The van der Waals surface area contributed by atoms with Crippen LogP contribution < -0.4 is 0 Å². The van der Waals surface area contributed by atoms with Crippen molar-refractivity contribution in [3.63, 3.8) is 0 Å². The largest absolute Gasteiger partial charge is 0.459 e. The van der Waals surface area contributed by atoms with Crippen molar-refractivity contribution >= 4 is 22.8 Å². The highest BCUT2D eigenvalue weighted by atomic mass is 16.3. The van der Waals surface area contributed by atoms with Gasteiger partial charge in [0.1, 0.15) is 11.3 Å². The Balaban J connectivity index is 1.81. The van der Waals surface area contributed by atoms with Gasteiger partial charge in [-0.05, 0) is 31.9 Å². The van der Waals surface area contributed by atoms with E-state index in [1.807, 2.05) is 42.2 Å². The molecule has 2 amide bonds. The van der Waals surface area contributed by atoms with Crippen LogP contribution in [0.15, 0.2) is 34.7 Å². The van der Waals surface area contributed by atoms with Gasteiger partial charge in [-0.2, -0.15) is 0 Å². The normalized spacial score (nSPS) is 19.2. The van der Waals surface area contributed by atoms with E-state index in [1.165, 1.54) is 0 Å². The van der Waals surface area contributed by atoms with E-state index in [9.17, 15) is 9.59 Å². The van der Waals surface area contributed by atoms with Crippen LogP contribution in [0.3, 0.4) is 0 Å². The Labute approximate surface area is 148 Å². The van der Waals surface area contributed by atoms with Crippen molar-refractivity contribution in [1.82, 2.24) is 9.80 Å². The second-order valence-electron chi connectivity index (χ2n) is 6.90. The number of hydrogen-bond acceptors (Lipinski definition) is 3. The summed E-state index contributed by atoms with van der Waals surface area (Å²) in [6, 6.07) is 9.74. The number of hydrogen-bond donors (Lipinski definition) is 0. The zero-order valence-corrected chi connectivity index (χ0v) is 15.2. The number of likely N-dealkylation sites (tertiary alicyclic amines) is 1. The Morgan fingerprint density at radius 2 is 2.16 bits per heavy atom.